The Balaban J connectivity index is 2.38. The minimum Gasteiger partial charge on any atom is -0.309 e. The molecule has 0 aromatic carbocycles. The third-order valence-corrected chi connectivity index (χ3v) is 2.94. The Labute approximate surface area is 80.9 Å². The number of thioether (sulfide) groups is 1. The molecule has 2 heterocycles. The second-order valence-electron chi connectivity index (χ2n) is 2.84. The van der Waals surface area contributed by atoms with Crippen molar-refractivity contribution in [3.8, 4) is 0 Å². The normalized spacial score (nSPS) is 15.0. The first kappa shape index (κ1) is 8.56. The predicted octanol–water partition coefficient (Wildman–Crippen LogP) is 1.69. The van der Waals surface area contributed by atoms with Gasteiger partial charge < -0.3 is 5.32 Å². The third kappa shape index (κ3) is 1.67. The second kappa shape index (κ2) is 3.38. The molecule has 0 unspecified atom stereocenters. The highest BCUT2D eigenvalue weighted by Crippen LogP contribution is 2.29. The van der Waals surface area contributed by atoms with Gasteiger partial charge in [0.25, 0.3) is 0 Å². The van der Waals surface area contributed by atoms with Crippen LogP contribution in [-0.2, 0) is 11.2 Å². The number of rotatable bonds is 1. The number of nitrogens with one attached hydrogen (secondary N) is 1. The molecule has 68 valence electrons. The first-order valence-electron chi connectivity index (χ1n) is 4.22. The van der Waals surface area contributed by atoms with E-state index in [0.717, 1.165) is 22.8 Å². The molecule has 1 N–H and O–H groups in total. The molecule has 1 aromatic rings. The number of nitrogens with zero attached hydrogens (tertiary/aromatic N) is 1. The minimum absolute atomic E-state index is 0.0400. The minimum atomic E-state index is 0.0400. The van der Waals surface area contributed by atoms with Crippen LogP contribution in [0.25, 0.3) is 0 Å². The van der Waals surface area contributed by atoms with Crippen molar-refractivity contribution >= 4 is 23.5 Å². The average Bonchev–Trinajstić information content (AvgIpc) is 2.16. The van der Waals surface area contributed by atoms with Gasteiger partial charge in [0.2, 0.25) is 5.91 Å². The van der Waals surface area contributed by atoms with Crippen molar-refractivity contribution in [3.63, 3.8) is 0 Å². The quantitative estimate of drug-likeness (QED) is 0.739. The number of anilines is 1. The van der Waals surface area contributed by atoms with Crippen molar-refractivity contribution in [2.75, 3.05) is 11.1 Å². The van der Waals surface area contributed by atoms with Crippen molar-refractivity contribution in [1.82, 2.24) is 4.98 Å². The lowest BCUT2D eigenvalue weighted by Gasteiger charge is -2.15. The van der Waals surface area contributed by atoms with Crippen LogP contribution in [-0.4, -0.2) is 16.6 Å². The summed E-state index contributed by atoms with van der Waals surface area (Å²) in [6, 6.07) is 4.02. The molecular formula is C9H10N2OS. The number of hydrogen-bond acceptors (Lipinski definition) is 3. The largest absolute Gasteiger partial charge is 0.309 e. The Bertz CT molecular complexity index is 351. The van der Waals surface area contributed by atoms with E-state index in [2.05, 4.69) is 10.3 Å². The summed E-state index contributed by atoms with van der Waals surface area (Å²) in [5.41, 5.74) is 1.02. The van der Waals surface area contributed by atoms with Crippen molar-refractivity contribution in [1.29, 1.82) is 0 Å². The zero-order chi connectivity index (χ0) is 9.26. The van der Waals surface area contributed by atoms with Crippen LogP contribution in [0.2, 0.25) is 0 Å². The highest BCUT2D eigenvalue weighted by Gasteiger charge is 2.16. The second-order valence-corrected chi connectivity index (χ2v) is 3.86. The molecule has 0 aliphatic carbocycles. The molecule has 3 nitrogen and oxygen atoms in total. The van der Waals surface area contributed by atoms with Crippen LogP contribution in [0.3, 0.4) is 0 Å². The Hall–Kier alpha value is -1.03. The fourth-order valence-electron chi connectivity index (χ4n) is 1.20. The van der Waals surface area contributed by atoms with E-state index in [4.69, 9.17) is 0 Å². The molecule has 2 rings (SSSR count). The molecule has 0 saturated carbocycles. The molecule has 1 aromatic heterocycles. The number of aromatic nitrogens is 1. The maximum atomic E-state index is 11.1. The number of amides is 1. The summed E-state index contributed by atoms with van der Waals surface area (Å²) in [7, 11) is 0. The highest BCUT2D eigenvalue weighted by atomic mass is 32.2. The van der Waals surface area contributed by atoms with Gasteiger partial charge in [-0.2, -0.15) is 0 Å². The molecule has 4 heteroatoms. The van der Waals surface area contributed by atoms with Crippen LogP contribution in [0.1, 0.15) is 12.6 Å². The topological polar surface area (TPSA) is 42.0 Å². The van der Waals surface area contributed by atoms with Crippen molar-refractivity contribution in [2.45, 2.75) is 18.2 Å². The van der Waals surface area contributed by atoms with E-state index in [1.54, 1.807) is 11.8 Å². The van der Waals surface area contributed by atoms with Gasteiger partial charge in [-0.25, -0.2) is 4.98 Å². The van der Waals surface area contributed by atoms with Crippen LogP contribution in [0.5, 0.6) is 0 Å². The Kier molecular flexibility index (Phi) is 2.22. The monoisotopic (exact) mass is 194 g/mol. The molecule has 13 heavy (non-hydrogen) atoms. The lowest BCUT2D eigenvalue weighted by Crippen LogP contribution is -2.20. The molecule has 0 radical (unpaired) electrons. The predicted molar refractivity (Wildman–Crippen MR) is 53.0 cm³/mol. The first-order valence-corrected chi connectivity index (χ1v) is 5.20. The zero-order valence-electron chi connectivity index (χ0n) is 7.33. The fourth-order valence-corrected chi connectivity index (χ4v) is 1.96. The van der Waals surface area contributed by atoms with Crippen molar-refractivity contribution in [2.24, 2.45) is 0 Å². The van der Waals surface area contributed by atoms with Crippen molar-refractivity contribution in [3.05, 3.63) is 17.8 Å². The molecule has 0 spiro atoms. The Morgan fingerprint density at radius 3 is 3.23 bits per heavy atom. The SMILES string of the molecule is CCc1ccc2c(n1)NC(=O)CS2. The molecule has 1 amide bonds. The van der Waals surface area contributed by atoms with E-state index in [0.29, 0.717) is 5.75 Å². The van der Waals surface area contributed by atoms with Gasteiger partial charge in [-0.1, -0.05) is 6.92 Å². The molecule has 0 atom stereocenters. The average molecular weight is 194 g/mol. The van der Waals surface area contributed by atoms with E-state index in [-0.39, 0.29) is 5.91 Å². The van der Waals surface area contributed by atoms with Gasteiger partial charge in [0.15, 0.2) is 0 Å². The zero-order valence-corrected chi connectivity index (χ0v) is 8.15. The molecular weight excluding hydrogens is 184 g/mol. The van der Waals surface area contributed by atoms with Gasteiger partial charge in [-0.15, -0.1) is 11.8 Å². The van der Waals surface area contributed by atoms with Crippen LogP contribution in [0.15, 0.2) is 17.0 Å². The maximum Gasteiger partial charge on any atom is 0.235 e. The molecule has 0 fully saturated rings. The molecule has 1 aliphatic rings. The smallest absolute Gasteiger partial charge is 0.235 e. The number of carbonyl (C=O) groups is 1. The third-order valence-electron chi connectivity index (χ3n) is 1.89. The van der Waals surface area contributed by atoms with E-state index >= 15 is 0 Å². The maximum absolute atomic E-state index is 11.1. The summed E-state index contributed by atoms with van der Waals surface area (Å²) in [4.78, 5) is 16.4. The number of fused-ring (bicyclic) bond motifs is 1. The van der Waals surface area contributed by atoms with E-state index in [1.807, 2.05) is 19.1 Å². The van der Waals surface area contributed by atoms with E-state index in [9.17, 15) is 4.79 Å². The van der Waals surface area contributed by atoms with Gasteiger partial charge >= 0.3 is 0 Å². The number of aryl methyl sites for hydroxylation is 1. The van der Waals surface area contributed by atoms with Gasteiger partial charge in [0.05, 0.1) is 10.6 Å². The molecule has 0 bridgehead atoms. The van der Waals surface area contributed by atoms with Crippen LogP contribution < -0.4 is 5.32 Å². The van der Waals surface area contributed by atoms with E-state index in [1.165, 1.54) is 0 Å². The lowest BCUT2D eigenvalue weighted by molar-refractivity contribution is -0.113. The number of pyridine rings is 1. The van der Waals surface area contributed by atoms with Gasteiger partial charge in [0, 0.05) is 5.69 Å². The number of carbonyl (C=O) groups excluding carboxylic acids is 1. The molecule has 1 aliphatic heterocycles. The summed E-state index contributed by atoms with van der Waals surface area (Å²) >= 11 is 1.54. The van der Waals surface area contributed by atoms with Crippen molar-refractivity contribution < 1.29 is 4.79 Å². The highest BCUT2D eigenvalue weighted by molar-refractivity contribution is 8.00. The van der Waals surface area contributed by atoms with Crippen LogP contribution >= 0.6 is 11.8 Å². The summed E-state index contributed by atoms with van der Waals surface area (Å²) < 4.78 is 0. The Morgan fingerprint density at radius 2 is 2.46 bits per heavy atom. The first-order chi connectivity index (χ1) is 6.29. The van der Waals surface area contributed by atoms with Gasteiger partial charge in [-0.05, 0) is 18.6 Å². The summed E-state index contributed by atoms with van der Waals surface area (Å²) in [6.45, 7) is 2.05. The summed E-state index contributed by atoms with van der Waals surface area (Å²) in [6.07, 6.45) is 0.897. The molecule has 0 saturated heterocycles. The Morgan fingerprint density at radius 1 is 1.62 bits per heavy atom. The summed E-state index contributed by atoms with van der Waals surface area (Å²) in [5.74, 6) is 1.26. The standard InChI is InChI=1S/C9H10N2OS/c1-2-6-3-4-7-9(10-6)11-8(12)5-13-7/h3-4H,2,5H2,1H3,(H,10,11,12). The fraction of sp³-hybridized carbons (Fsp3) is 0.333. The van der Waals surface area contributed by atoms with Crippen LogP contribution in [0.4, 0.5) is 5.82 Å². The number of hydrogen-bond donors (Lipinski definition) is 1. The van der Waals surface area contributed by atoms with Gasteiger partial charge in [0.1, 0.15) is 5.82 Å². The lowest BCUT2D eigenvalue weighted by atomic mass is 10.3. The summed E-state index contributed by atoms with van der Waals surface area (Å²) in [5, 5.41) is 2.76. The van der Waals surface area contributed by atoms with E-state index < -0.39 is 0 Å². The van der Waals surface area contributed by atoms with Crippen LogP contribution in [0, 0.1) is 0 Å². The van der Waals surface area contributed by atoms with Gasteiger partial charge in [-0.3, -0.25) is 4.79 Å².